The summed E-state index contributed by atoms with van der Waals surface area (Å²) < 4.78 is 31.9. The quantitative estimate of drug-likeness (QED) is 0.805. The van der Waals surface area contributed by atoms with Gasteiger partial charge in [0, 0.05) is 26.0 Å². The second-order valence-electron chi connectivity index (χ2n) is 3.83. The first-order valence-electron chi connectivity index (χ1n) is 5.07. The second kappa shape index (κ2) is 5.65. The first-order chi connectivity index (χ1) is 7.86. The van der Waals surface area contributed by atoms with Gasteiger partial charge in [0.25, 0.3) is 0 Å². The van der Waals surface area contributed by atoms with E-state index in [1.165, 1.54) is 0 Å². The first-order valence-corrected chi connectivity index (χ1v) is 7.73. The van der Waals surface area contributed by atoms with Gasteiger partial charge in [0.2, 0.25) is 0 Å². The smallest absolute Gasteiger partial charge is 0.182 e. The lowest BCUT2D eigenvalue weighted by atomic mass is 10.2. The molecule has 98 valence electrons. The summed E-state index contributed by atoms with van der Waals surface area (Å²) in [5.41, 5.74) is 5.56. The van der Waals surface area contributed by atoms with Crippen molar-refractivity contribution in [1.29, 1.82) is 0 Å². The molecule has 0 saturated heterocycles. The van der Waals surface area contributed by atoms with Gasteiger partial charge in [-0.05, 0) is 24.9 Å². The maximum atomic E-state index is 11.6. The number of hydrogen-bond donors (Lipinski definition) is 2. The molecule has 1 atom stereocenters. The molecule has 1 rings (SSSR count). The van der Waals surface area contributed by atoms with E-state index in [9.17, 15) is 8.42 Å². The number of methoxy groups -OCH3 is 1. The van der Waals surface area contributed by atoms with E-state index in [4.69, 9.17) is 10.5 Å². The van der Waals surface area contributed by atoms with Crippen LogP contribution >= 0.6 is 11.5 Å². The van der Waals surface area contributed by atoms with E-state index in [0.717, 1.165) is 24.2 Å². The third kappa shape index (κ3) is 3.83. The third-order valence-electron chi connectivity index (χ3n) is 2.18. The van der Waals surface area contributed by atoms with E-state index in [2.05, 4.69) is 9.69 Å². The van der Waals surface area contributed by atoms with E-state index in [0.29, 0.717) is 11.6 Å². The Morgan fingerprint density at radius 3 is 2.76 bits per heavy atom. The molecule has 1 aromatic rings. The van der Waals surface area contributed by atoms with E-state index in [1.807, 2.05) is 6.92 Å². The monoisotopic (exact) mass is 279 g/mol. The van der Waals surface area contributed by atoms with Crippen LogP contribution in [0.2, 0.25) is 0 Å². The summed E-state index contributed by atoms with van der Waals surface area (Å²) in [6.45, 7) is 2.55. The number of aromatic nitrogens is 1. The molecule has 0 spiro atoms. The van der Waals surface area contributed by atoms with Gasteiger partial charge in [-0.1, -0.05) is 0 Å². The zero-order chi connectivity index (χ0) is 13.1. The van der Waals surface area contributed by atoms with Crippen LogP contribution in [-0.4, -0.2) is 38.8 Å². The Bertz CT molecular complexity index is 470. The number of nitrogens with zero attached hydrogens (tertiary/aromatic N) is 1. The molecule has 0 aliphatic carbocycles. The van der Waals surface area contributed by atoms with Crippen LogP contribution in [0.15, 0.2) is 4.90 Å². The van der Waals surface area contributed by atoms with Crippen molar-refractivity contribution < 1.29 is 13.2 Å². The third-order valence-corrected chi connectivity index (χ3v) is 4.25. The highest BCUT2D eigenvalue weighted by Gasteiger charge is 2.22. The summed E-state index contributed by atoms with van der Waals surface area (Å²) in [5, 5.41) is 3.58. The molecule has 0 fully saturated rings. The molecule has 0 radical (unpaired) electrons. The largest absolute Gasteiger partial charge is 0.385 e. The average molecular weight is 279 g/mol. The van der Waals surface area contributed by atoms with Crippen molar-refractivity contribution in [3.63, 3.8) is 0 Å². The summed E-state index contributed by atoms with van der Waals surface area (Å²) >= 11 is 1.06. The topological polar surface area (TPSA) is 94.3 Å². The highest BCUT2D eigenvalue weighted by Crippen LogP contribution is 2.31. The summed E-state index contributed by atoms with van der Waals surface area (Å²) in [6, 6.07) is 0.0929. The second-order valence-corrected chi connectivity index (χ2v) is 6.55. The maximum absolute atomic E-state index is 11.6. The van der Waals surface area contributed by atoms with E-state index in [1.54, 1.807) is 7.11 Å². The number of hydrogen-bond acceptors (Lipinski definition) is 7. The van der Waals surface area contributed by atoms with Gasteiger partial charge in [-0.2, -0.15) is 4.37 Å². The Kier molecular flexibility index (Phi) is 4.72. The van der Waals surface area contributed by atoms with Crippen molar-refractivity contribution in [2.24, 2.45) is 0 Å². The molecule has 0 amide bonds. The number of sulfone groups is 1. The lowest BCUT2D eigenvalue weighted by Crippen LogP contribution is -2.18. The lowest BCUT2D eigenvalue weighted by Gasteiger charge is -2.13. The fourth-order valence-electron chi connectivity index (χ4n) is 1.33. The Morgan fingerprint density at radius 2 is 2.24 bits per heavy atom. The molecule has 0 saturated carbocycles. The number of nitrogens with one attached hydrogen (secondary N) is 1. The fraction of sp³-hybridized carbons (Fsp3) is 0.667. The van der Waals surface area contributed by atoms with E-state index >= 15 is 0 Å². The van der Waals surface area contributed by atoms with Gasteiger partial charge in [-0.3, -0.25) is 0 Å². The summed E-state index contributed by atoms with van der Waals surface area (Å²) in [5.74, 6) is 0.0546. The summed E-state index contributed by atoms with van der Waals surface area (Å²) in [4.78, 5) is 0.0896. The van der Waals surface area contributed by atoms with Crippen molar-refractivity contribution in [2.75, 3.05) is 31.0 Å². The SMILES string of the molecule is COCCC(C)Nc1snc(N)c1S(C)(=O)=O. The van der Waals surface area contributed by atoms with Gasteiger partial charge in [0.05, 0.1) is 0 Å². The van der Waals surface area contributed by atoms with E-state index < -0.39 is 9.84 Å². The van der Waals surface area contributed by atoms with Crippen LogP contribution in [0.4, 0.5) is 10.8 Å². The van der Waals surface area contributed by atoms with Crippen LogP contribution in [0.3, 0.4) is 0 Å². The van der Waals surface area contributed by atoms with Crippen molar-refractivity contribution in [3.8, 4) is 0 Å². The number of ether oxygens (including phenoxy) is 1. The van der Waals surface area contributed by atoms with Crippen LogP contribution in [0.5, 0.6) is 0 Å². The van der Waals surface area contributed by atoms with Crippen LogP contribution in [0.1, 0.15) is 13.3 Å². The van der Waals surface area contributed by atoms with Gasteiger partial charge in [0.1, 0.15) is 9.90 Å². The van der Waals surface area contributed by atoms with Crippen LogP contribution in [-0.2, 0) is 14.6 Å². The van der Waals surface area contributed by atoms with Crippen molar-refractivity contribution in [1.82, 2.24) is 4.37 Å². The number of nitrogen functional groups attached to an aromatic ring is 1. The molecule has 0 aliphatic heterocycles. The Morgan fingerprint density at radius 1 is 1.59 bits per heavy atom. The van der Waals surface area contributed by atoms with Gasteiger partial charge in [-0.15, -0.1) is 0 Å². The number of rotatable bonds is 6. The van der Waals surface area contributed by atoms with Crippen LogP contribution in [0.25, 0.3) is 0 Å². The van der Waals surface area contributed by atoms with Gasteiger partial charge < -0.3 is 15.8 Å². The Balaban J connectivity index is 2.86. The normalized spacial score (nSPS) is 13.6. The molecular weight excluding hydrogens is 262 g/mol. The molecule has 0 aromatic carbocycles. The van der Waals surface area contributed by atoms with Crippen molar-refractivity contribution in [2.45, 2.75) is 24.3 Å². The maximum Gasteiger partial charge on any atom is 0.182 e. The first kappa shape index (κ1) is 14.2. The fourth-order valence-corrected chi connectivity index (χ4v) is 3.50. The molecule has 6 nitrogen and oxygen atoms in total. The Labute approximate surface area is 105 Å². The highest BCUT2D eigenvalue weighted by atomic mass is 32.2. The summed E-state index contributed by atoms with van der Waals surface area (Å²) in [7, 11) is -1.73. The lowest BCUT2D eigenvalue weighted by molar-refractivity contribution is 0.191. The molecule has 17 heavy (non-hydrogen) atoms. The molecule has 8 heteroatoms. The van der Waals surface area contributed by atoms with Gasteiger partial charge in [0.15, 0.2) is 15.7 Å². The zero-order valence-corrected chi connectivity index (χ0v) is 11.7. The minimum absolute atomic E-state index is 0.0546. The number of nitrogens with two attached hydrogens (primary N) is 1. The minimum Gasteiger partial charge on any atom is -0.385 e. The predicted molar refractivity (Wildman–Crippen MR) is 69.2 cm³/mol. The van der Waals surface area contributed by atoms with Crippen LogP contribution < -0.4 is 11.1 Å². The molecular formula is C9H17N3O3S2. The molecule has 0 bridgehead atoms. The minimum atomic E-state index is -3.36. The predicted octanol–water partition coefficient (Wildman–Crippen LogP) is 0.966. The standard InChI is InChI=1S/C9H17N3O3S2/c1-6(4-5-15-2)11-9-7(17(3,13)14)8(10)12-16-9/h6,11H,4-5H2,1-3H3,(H2,10,12). The average Bonchev–Trinajstić information content (AvgIpc) is 2.56. The molecule has 1 heterocycles. The zero-order valence-electron chi connectivity index (χ0n) is 10.1. The van der Waals surface area contributed by atoms with Crippen molar-refractivity contribution >= 4 is 32.2 Å². The highest BCUT2D eigenvalue weighted by molar-refractivity contribution is 7.91. The molecule has 3 N–H and O–H groups in total. The van der Waals surface area contributed by atoms with E-state index in [-0.39, 0.29) is 16.8 Å². The van der Waals surface area contributed by atoms with Crippen LogP contribution in [0, 0.1) is 0 Å². The molecule has 0 aliphatic rings. The summed E-state index contributed by atoms with van der Waals surface area (Å²) in [6.07, 6.45) is 1.90. The molecule has 1 aromatic heterocycles. The Hall–Kier alpha value is -0.860. The van der Waals surface area contributed by atoms with Gasteiger partial charge >= 0.3 is 0 Å². The molecule has 1 unspecified atom stereocenters. The van der Waals surface area contributed by atoms with Gasteiger partial charge in [-0.25, -0.2) is 8.42 Å². The number of anilines is 2. The van der Waals surface area contributed by atoms with Crippen molar-refractivity contribution in [3.05, 3.63) is 0 Å².